The van der Waals surface area contributed by atoms with E-state index in [0.29, 0.717) is 23.8 Å². The average molecular weight is 377 g/mol. The third-order valence-electron chi connectivity index (χ3n) is 4.36. The van der Waals surface area contributed by atoms with Crippen LogP contribution in [0.5, 0.6) is 0 Å². The Morgan fingerprint density at radius 2 is 1.86 bits per heavy atom. The Bertz CT molecular complexity index is 1140. The lowest BCUT2D eigenvalue weighted by Crippen LogP contribution is -2.33. The first-order valence-corrected chi connectivity index (χ1v) is 8.89. The maximum atomic E-state index is 12.6. The number of oxazole rings is 1. The highest BCUT2D eigenvalue weighted by Crippen LogP contribution is 2.14. The summed E-state index contributed by atoms with van der Waals surface area (Å²) in [6, 6.07) is 17.0. The molecule has 0 aliphatic rings. The summed E-state index contributed by atoms with van der Waals surface area (Å²) in [6.45, 7) is 2.14. The summed E-state index contributed by atoms with van der Waals surface area (Å²) < 4.78 is 8.28. The molecule has 8 nitrogen and oxygen atoms in total. The zero-order valence-electron chi connectivity index (χ0n) is 15.3. The highest BCUT2D eigenvalue weighted by molar-refractivity contribution is 5.76. The lowest BCUT2D eigenvalue weighted by molar-refractivity contribution is -0.122. The highest BCUT2D eigenvalue weighted by Gasteiger charge is 2.14. The molecule has 2 aromatic heterocycles. The highest BCUT2D eigenvalue weighted by atomic mass is 16.3. The van der Waals surface area contributed by atoms with Gasteiger partial charge in [-0.2, -0.15) is 5.10 Å². The van der Waals surface area contributed by atoms with Crippen LogP contribution in [-0.4, -0.2) is 25.2 Å². The van der Waals surface area contributed by atoms with E-state index in [2.05, 4.69) is 15.4 Å². The smallest absolute Gasteiger partial charge is 0.346 e. The summed E-state index contributed by atoms with van der Waals surface area (Å²) in [4.78, 5) is 29.1. The van der Waals surface area contributed by atoms with Gasteiger partial charge in [-0.1, -0.05) is 42.5 Å². The molecule has 142 valence electrons. The fraction of sp³-hybridized carbons (Fsp3) is 0.200. The van der Waals surface area contributed by atoms with Gasteiger partial charge in [0.15, 0.2) is 5.58 Å². The number of benzene rings is 2. The fourth-order valence-electron chi connectivity index (χ4n) is 2.96. The number of nitrogens with zero attached hydrogens (tertiary/aromatic N) is 4. The summed E-state index contributed by atoms with van der Waals surface area (Å²) in [5.74, 6) is 0.627. The van der Waals surface area contributed by atoms with Gasteiger partial charge in [-0.05, 0) is 24.6 Å². The van der Waals surface area contributed by atoms with Crippen molar-refractivity contribution in [2.24, 2.45) is 0 Å². The van der Waals surface area contributed by atoms with Gasteiger partial charge >= 0.3 is 5.69 Å². The van der Waals surface area contributed by atoms with Crippen LogP contribution in [-0.2, 0) is 24.4 Å². The van der Waals surface area contributed by atoms with Crippen molar-refractivity contribution in [1.82, 2.24) is 24.6 Å². The van der Waals surface area contributed by atoms with Crippen molar-refractivity contribution in [2.75, 3.05) is 0 Å². The number of fused-ring (bicyclic) bond motifs is 1. The first kappa shape index (κ1) is 17.7. The number of aromatic nitrogens is 4. The van der Waals surface area contributed by atoms with E-state index in [9.17, 15) is 9.59 Å². The summed E-state index contributed by atoms with van der Waals surface area (Å²) in [5.41, 5.74) is 2.07. The van der Waals surface area contributed by atoms with Crippen LogP contribution in [0, 0.1) is 6.92 Å². The van der Waals surface area contributed by atoms with Crippen LogP contribution in [0.3, 0.4) is 0 Å². The third kappa shape index (κ3) is 3.71. The van der Waals surface area contributed by atoms with Crippen LogP contribution >= 0.6 is 0 Å². The maximum Gasteiger partial charge on any atom is 0.346 e. The molecule has 0 spiro atoms. The Morgan fingerprint density at radius 3 is 2.64 bits per heavy atom. The number of amides is 1. The molecule has 0 aliphatic carbocycles. The summed E-state index contributed by atoms with van der Waals surface area (Å²) in [6.07, 6.45) is 0. The predicted molar refractivity (Wildman–Crippen MR) is 103 cm³/mol. The molecule has 8 heteroatoms. The van der Waals surface area contributed by atoms with Gasteiger partial charge in [0.05, 0.1) is 13.1 Å². The molecule has 0 bridgehead atoms. The average Bonchev–Trinajstić information content (AvgIpc) is 3.23. The van der Waals surface area contributed by atoms with E-state index in [0.717, 1.165) is 11.1 Å². The van der Waals surface area contributed by atoms with Gasteiger partial charge < -0.3 is 9.73 Å². The molecule has 4 rings (SSSR count). The van der Waals surface area contributed by atoms with Crippen LogP contribution in [0.2, 0.25) is 0 Å². The number of carbonyl (C=O) groups is 1. The molecular weight excluding hydrogens is 358 g/mol. The van der Waals surface area contributed by atoms with Gasteiger partial charge in [0.1, 0.15) is 17.9 Å². The van der Waals surface area contributed by atoms with E-state index in [1.165, 1.54) is 4.68 Å². The van der Waals surface area contributed by atoms with Crippen LogP contribution < -0.4 is 11.0 Å². The standard InChI is InChI=1S/C20H19N5O3/c1-14-23-25(20(27)24(14)12-15-7-3-2-4-8-15)13-18(26)21-11-19-22-16-9-5-6-10-17(16)28-19/h2-10H,11-13H2,1H3,(H,21,26). The van der Waals surface area contributed by atoms with Gasteiger partial charge in [-0.3, -0.25) is 9.36 Å². The number of hydrogen-bond acceptors (Lipinski definition) is 5. The van der Waals surface area contributed by atoms with E-state index in [4.69, 9.17) is 4.42 Å². The minimum atomic E-state index is -0.339. The first-order chi connectivity index (χ1) is 13.6. The molecule has 0 fully saturated rings. The quantitative estimate of drug-likeness (QED) is 0.553. The topological polar surface area (TPSA) is 95.0 Å². The van der Waals surface area contributed by atoms with Gasteiger partial charge in [-0.15, -0.1) is 0 Å². The van der Waals surface area contributed by atoms with Crippen molar-refractivity contribution in [1.29, 1.82) is 0 Å². The second-order valence-electron chi connectivity index (χ2n) is 6.41. The normalized spacial score (nSPS) is 11.0. The summed E-state index contributed by atoms with van der Waals surface area (Å²) >= 11 is 0. The van der Waals surface area contributed by atoms with E-state index >= 15 is 0 Å². The molecule has 4 aromatic rings. The maximum absolute atomic E-state index is 12.6. The first-order valence-electron chi connectivity index (χ1n) is 8.89. The van der Waals surface area contributed by atoms with E-state index in [-0.39, 0.29) is 24.7 Å². The Morgan fingerprint density at radius 1 is 1.11 bits per heavy atom. The zero-order chi connectivity index (χ0) is 19.5. The number of nitrogens with one attached hydrogen (secondary N) is 1. The molecule has 2 heterocycles. The summed E-state index contributed by atoms with van der Waals surface area (Å²) in [7, 11) is 0. The van der Waals surface area contributed by atoms with E-state index in [1.807, 2.05) is 54.6 Å². The summed E-state index contributed by atoms with van der Waals surface area (Å²) in [5, 5.41) is 6.91. The molecule has 0 saturated carbocycles. The molecule has 2 aromatic carbocycles. The molecule has 28 heavy (non-hydrogen) atoms. The molecule has 0 radical (unpaired) electrons. The van der Waals surface area contributed by atoms with Crippen LogP contribution in [0.15, 0.2) is 63.8 Å². The van der Waals surface area contributed by atoms with Crippen molar-refractivity contribution < 1.29 is 9.21 Å². The molecular formula is C20H19N5O3. The second-order valence-corrected chi connectivity index (χ2v) is 6.41. The van der Waals surface area contributed by atoms with Crippen molar-refractivity contribution in [3.63, 3.8) is 0 Å². The van der Waals surface area contributed by atoms with E-state index in [1.54, 1.807) is 11.5 Å². The van der Waals surface area contributed by atoms with Gasteiger partial charge in [0.2, 0.25) is 11.8 Å². The molecule has 0 aliphatic heterocycles. The lowest BCUT2D eigenvalue weighted by atomic mass is 10.2. The van der Waals surface area contributed by atoms with Crippen LogP contribution in [0.25, 0.3) is 11.1 Å². The fourth-order valence-corrected chi connectivity index (χ4v) is 2.96. The Hall–Kier alpha value is -3.68. The number of hydrogen-bond donors (Lipinski definition) is 1. The Labute approximate surface area is 160 Å². The Balaban J connectivity index is 1.41. The molecule has 1 N–H and O–H groups in total. The van der Waals surface area contributed by atoms with Gasteiger partial charge in [0, 0.05) is 0 Å². The van der Waals surface area contributed by atoms with Crippen molar-refractivity contribution in [2.45, 2.75) is 26.6 Å². The number of aryl methyl sites for hydroxylation is 1. The minimum absolute atomic E-state index is 0.145. The number of para-hydroxylation sites is 2. The van der Waals surface area contributed by atoms with Gasteiger partial charge in [-0.25, -0.2) is 14.5 Å². The van der Waals surface area contributed by atoms with Crippen molar-refractivity contribution >= 4 is 17.0 Å². The van der Waals surface area contributed by atoms with Gasteiger partial charge in [0.25, 0.3) is 0 Å². The zero-order valence-corrected chi connectivity index (χ0v) is 15.3. The van der Waals surface area contributed by atoms with E-state index < -0.39 is 0 Å². The van der Waals surface area contributed by atoms with Crippen molar-refractivity contribution in [3.8, 4) is 0 Å². The largest absolute Gasteiger partial charge is 0.439 e. The minimum Gasteiger partial charge on any atom is -0.439 e. The SMILES string of the molecule is Cc1nn(CC(=O)NCc2nc3ccccc3o2)c(=O)n1Cc1ccccc1. The molecule has 0 unspecified atom stereocenters. The third-order valence-corrected chi connectivity index (χ3v) is 4.36. The molecule has 0 atom stereocenters. The van der Waals surface area contributed by atoms with Crippen LogP contribution in [0.4, 0.5) is 0 Å². The lowest BCUT2D eigenvalue weighted by Gasteiger charge is -2.03. The van der Waals surface area contributed by atoms with Crippen LogP contribution in [0.1, 0.15) is 17.3 Å². The number of carbonyl (C=O) groups excluding carboxylic acids is 1. The molecule has 0 saturated heterocycles. The molecule has 1 amide bonds. The Kier molecular flexibility index (Phi) is 4.76. The number of rotatable bonds is 6. The predicted octanol–water partition coefficient (Wildman–Crippen LogP) is 1.86. The van der Waals surface area contributed by atoms with Crippen molar-refractivity contribution in [3.05, 3.63) is 82.4 Å². The monoisotopic (exact) mass is 377 g/mol. The second kappa shape index (κ2) is 7.51.